The molecule has 0 saturated heterocycles. The van der Waals surface area contributed by atoms with Gasteiger partial charge in [-0.1, -0.05) is 42.5 Å². The van der Waals surface area contributed by atoms with Crippen LogP contribution in [0.15, 0.2) is 71.8 Å². The minimum Gasteiger partial charge on any atom is -0.489 e. The van der Waals surface area contributed by atoms with Gasteiger partial charge in [-0.2, -0.15) is 0 Å². The lowest BCUT2D eigenvalue weighted by Gasteiger charge is -2.08. The molecule has 1 aromatic heterocycles. The van der Waals surface area contributed by atoms with Gasteiger partial charge < -0.3 is 9.72 Å². The van der Waals surface area contributed by atoms with E-state index < -0.39 is 0 Å². The molecule has 0 amide bonds. The van der Waals surface area contributed by atoms with E-state index in [-0.39, 0.29) is 5.69 Å². The van der Waals surface area contributed by atoms with Crippen molar-refractivity contribution in [3.63, 3.8) is 0 Å². The van der Waals surface area contributed by atoms with Gasteiger partial charge in [-0.25, -0.2) is 9.78 Å². The fourth-order valence-corrected chi connectivity index (χ4v) is 2.01. The predicted molar refractivity (Wildman–Crippen MR) is 81.1 cm³/mol. The van der Waals surface area contributed by atoms with E-state index in [0.29, 0.717) is 6.61 Å². The highest BCUT2D eigenvalue weighted by atomic mass is 16.5. The molecule has 0 saturated carbocycles. The Balaban J connectivity index is 1.77. The molecule has 0 fully saturated rings. The number of nitrogens with one attached hydrogen (secondary N) is 1. The highest BCUT2D eigenvalue weighted by Crippen LogP contribution is 2.22. The molecular weight excluding hydrogens is 264 g/mol. The molecule has 4 nitrogen and oxygen atoms in total. The van der Waals surface area contributed by atoms with Crippen molar-refractivity contribution in [1.82, 2.24) is 9.97 Å². The zero-order valence-electron chi connectivity index (χ0n) is 11.3. The van der Waals surface area contributed by atoms with Crippen LogP contribution in [0.25, 0.3) is 11.1 Å². The maximum atomic E-state index is 11.0. The van der Waals surface area contributed by atoms with E-state index in [1.54, 1.807) is 12.4 Å². The summed E-state index contributed by atoms with van der Waals surface area (Å²) in [6.45, 7) is 0.522. The standard InChI is InChI=1S/C17H14N2O2/c20-17-18-10-15(11-19-17)14-7-4-8-16(9-14)21-12-13-5-2-1-3-6-13/h1-11H,12H2,(H,18,19,20). The zero-order chi connectivity index (χ0) is 14.5. The first-order valence-corrected chi connectivity index (χ1v) is 6.63. The number of aromatic amines is 1. The van der Waals surface area contributed by atoms with E-state index in [0.717, 1.165) is 22.4 Å². The number of ether oxygens (including phenoxy) is 1. The van der Waals surface area contributed by atoms with Crippen molar-refractivity contribution >= 4 is 0 Å². The molecule has 0 spiro atoms. The van der Waals surface area contributed by atoms with E-state index in [4.69, 9.17) is 4.74 Å². The minimum absolute atomic E-state index is 0.352. The Morgan fingerprint density at radius 1 is 1.00 bits per heavy atom. The van der Waals surface area contributed by atoms with Gasteiger partial charge in [0.1, 0.15) is 12.4 Å². The van der Waals surface area contributed by atoms with Crippen LogP contribution >= 0.6 is 0 Å². The van der Waals surface area contributed by atoms with Crippen LogP contribution in [0.2, 0.25) is 0 Å². The van der Waals surface area contributed by atoms with Gasteiger partial charge in [-0.15, -0.1) is 0 Å². The van der Waals surface area contributed by atoms with Gasteiger partial charge in [0.25, 0.3) is 0 Å². The molecule has 0 aliphatic heterocycles. The number of nitrogens with zero attached hydrogens (tertiary/aromatic N) is 1. The third-order valence-corrected chi connectivity index (χ3v) is 3.09. The molecule has 0 bridgehead atoms. The maximum absolute atomic E-state index is 11.0. The normalized spacial score (nSPS) is 10.3. The second kappa shape index (κ2) is 6.05. The monoisotopic (exact) mass is 278 g/mol. The number of hydrogen-bond acceptors (Lipinski definition) is 3. The van der Waals surface area contributed by atoms with Crippen molar-refractivity contribution in [1.29, 1.82) is 0 Å². The molecule has 0 aliphatic rings. The van der Waals surface area contributed by atoms with Gasteiger partial charge >= 0.3 is 5.69 Å². The molecule has 0 aliphatic carbocycles. The van der Waals surface area contributed by atoms with Gasteiger partial charge in [-0.05, 0) is 23.3 Å². The molecule has 21 heavy (non-hydrogen) atoms. The van der Waals surface area contributed by atoms with Crippen molar-refractivity contribution in [2.24, 2.45) is 0 Å². The van der Waals surface area contributed by atoms with Crippen molar-refractivity contribution < 1.29 is 4.74 Å². The van der Waals surface area contributed by atoms with Crippen LogP contribution in [-0.2, 0) is 6.61 Å². The highest BCUT2D eigenvalue weighted by molar-refractivity contribution is 5.63. The number of rotatable bonds is 4. The van der Waals surface area contributed by atoms with Gasteiger partial charge in [-0.3, -0.25) is 0 Å². The first kappa shape index (κ1) is 13.1. The number of H-pyrrole nitrogens is 1. The highest BCUT2D eigenvalue weighted by Gasteiger charge is 2.01. The quantitative estimate of drug-likeness (QED) is 0.798. The summed E-state index contributed by atoms with van der Waals surface area (Å²) in [6, 6.07) is 17.7. The van der Waals surface area contributed by atoms with Crippen LogP contribution in [0, 0.1) is 0 Å². The smallest absolute Gasteiger partial charge is 0.344 e. The van der Waals surface area contributed by atoms with E-state index in [1.165, 1.54) is 0 Å². The molecular formula is C17H14N2O2. The van der Waals surface area contributed by atoms with Crippen LogP contribution in [0.5, 0.6) is 5.75 Å². The SMILES string of the molecule is O=c1ncc(-c2cccc(OCc3ccccc3)c2)c[nH]1. The van der Waals surface area contributed by atoms with Crippen molar-refractivity contribution in [3.05, 3.63) is 83.0 Å². The predicted octanol–water partition coefficient (Wildman–Crippen LogP) is 3.02. The molecule has 2 aromatic carbocycles. The summed E-state index contributed by atoms with van der Waals surface area (Å²) < 4.78 is 5.79. The Bertz CT molecular complexity index is 762. The van der Waals surface area contributed by atoms with Crippen LogP contribution in [0.1, 0.15) is 5.56 Å². The fourth-order valence-electron chi connectivity index (χ4n) is 2.01. The third kappa shape index (κ3) is 3.36. The third-order valence-electron chi connectivity index (χ3n) is 3.09. The number of aromatic nitrogens is 2. The van der Waals surface area contributed by atoms with Gasteiger partial charge in [0.15, 0.2) is 0 Å². The summed E-state index contributed by atoms with van der Waals surface area (Å²) in [5.41, 5.74) is 2.56. The van der Waals surface area contributed by atoms with E-state index >= 15 is 0 Å². The Morgan fingerprint density at radius 3 is 2.62 bits per heavy atom. The van der Waals surface area contributed by atoms with Crippen molar-refractivity contribution in [3.8, 4) is 16.9 Å². The van der Waals surface area contributed by atoms with Crippen molar-refractivity contribution in [2.75, 3.05) is 0 Å². The zero-order valence-corrected chi connectivity index (χ0v) is 11.3. The van der Waals surface area contributed by atoms with E-state index in [2.05, 4.69) is 9.97 Å². The first-order valence-electron chi connectivity index (χ1n) is 6.63. The average Bonchev–Trinajstić information content (AvgIpc) is 2.55. The lowest BCUT2D eigenvalue weighted by Crippen LogP contribution is -2.07. The van der Waals surface area contributed by atoms with Crippen LogP contribution in [0.3, 0.4) is 0 Å². The lowest BCUT2D eigenvalue weighted by atomic mass is 10.1. The van der Waals surface area contributed by atoms with Gasteiger partial charge in [0, 0.05) is 18.0 Å². The van der Waals surface area contributed by atoms with Crippen LogP contribution < -0.4 is 10.4 Å². The second-order valence-corrected chi connectivity index (χ2v) is 4.61. The minimum atomic E-state index is -0.352. The topological polar surface area (TPSA) is 55.0 Å². The molecule has 1 heterocycles. The largest absolute Gasteiger partial charge is 0.489 e. The Morgan fingerprint density at radius 2 is 1.86 bits per heavy atom. The maximum Gasteiger partial charge on any atom is 0.344 e. The molecule has 4 heteroatoms. The average molecular weight is 278 g/mol. The Labute approximate surface area is 122 Å². The second-order valence-electron chi connectivity index (χ2n) is 4.61. The summed E-state index contributed by atoms with van der Waals surface area (Å²) in [4.78, 5) is 17.3. The van der Waals surface area contributed by atoms with Crippen LogP contribution in [-0.4, -0.2) is 9.97 Å². The summed E-state index contributed by atoms with van der Waals surface area (Å²) in [7, 11) is 0. The van der Waals surface area contributed by atoms with E-state index in [9.17, 15) is 4.79 Å². The van der Waals surface area contributed by atoms with E-state index in [1.807, 2.05) is 54.6 Å². The summed E-state index contributed by atoms with van der Waals surface area (Å²) in [5, 5.41) is 0. The lowest BCUT2D eigenvalue weighted by molar-refractivity contribution is 0.306. The van der Waals surface area contributed by atoms with Crippen molar-refractivity contribution in [2.45, 2.75) is 6.61 Å². The molecule has 3 aromatic rings. The molecule has 1 N–H and O–H groups in total. The first-order chi connectivity index (χ1) is 10.3. The Kier molecular flexibility index (Phi) is 3.78. The molecule has 104 valence electrons. The Hall–Kier alpha value is -2.88. The fraction of sp³-hybridized carbons (Fsp3) is 0.0588. The summed E-state index contributed by atoms with van der Waals surface area (Å²) >= 11 is 0. The molecule has 0 atom stereocenters. The van der Waals surface area contributed by atoms with Crippen LogP contribution in [0.4, 0.5) is 0 Å². The summed E-state index contributed by atoms with van der Waals surface area (Å²) in [6.07, 6.45) is 3.20. The number of hydrogen-bond donors (Lipinski definition) is 1. The summed E-state index contributed by atoms with van der Waals surface area (Å²) in [5.74, 6) is 0.780. The molecule has 0 radical (unpaired) electrons. The molecule has 0 unspecified atom stereocenters. The van der Waals surface area contributed by atoms with Gasteiger partial charge in [0.05, 0.1) is 0 Å². The molecule has 3 rings (SSSR count). The number of benzene rings is 2. The van der Waals surface area contributed by atoms with Gasteiger partial charge in [0.2, 0.25) is 0 Å².